The molecule has 2 N–H and O–H groups in total. The molecule has 8 nitrogen and oxygen atoms in total. The third-order valence-corrected chi connectivity index (χ3v) is 2.76. The number of anilines is 1. The van der Waals surface area contributed by atoms with E-state index in [2.05, 4.69) is 15.5 Å². The number of nitrogens with one attached hydrogen (secondary N) is 1. The van der Waals surface area contributed by atoms with Gasteiger partial charge in [0, 0.05) is 18.5 Å². The molecule has 8 heteroatoms. The molecule has 0 radical (unpaired) electrons. The van der Waals surface area contributed by atoms with Gasteiger partial charge in [-0.1, -0.05) is 13.8 Å². The molecule has 0 saturated heterocycles. The number of hydrogen-bond acceptors (Lipinski definition) is 5. The van der Waals surface area contributed by atoms with Gasteiger partial charge in [0.1, 0.15) is 17.9 Å². The lowest BCUT2D eigenvalue weighted by molar-refractivity contribution is -0.138. The number of aliphatic carboxylic acids is 1. The topological polar surface area (TPSA) is 102 Å². The second-order valence-electron chi connectivity index (χ2n) is 4.73. The monoisotopic (exact) mass is 279 g/mol. The van der Waals surface area contributed by atoms with Gasteiger partial charge in [-0.25, -0.2) is 9.20 Å². The molecule has 0 aliphatic heterocycles. The quantitative estimate of drug-likeness (QED) is 0.828. The molecule has 0 unspecified atom stereocenters. The van der Waals surface area contributed by atoms with Gasteiger partial charge in [0.15, 0.2) is 5.82 Å². The van der Waals surface area contributed by atoms with Crippen LogP contribution in [0.15, 0.2) is 10.9 Å². The Balaban J connectivity index is 2.70. The Kier molecular flexibility index (Phi) is 3.73. The van der Waals surface area contributed by atoms with E-state index in [1.807, 2.05) is 20.8 Å². The summed E-state index contributed by atoms with van der Waals surface area (Å²) in [5, 5.41) is 20.3. The first-order valence-electron chi connectivity index (χ1n) is 6.40. The van der Waals surface area contributed by atoms with E-state index in [1.54, 1.807) is 6.07 Å². The Morgan fingerprint density at radius 1 is 1.45 bits per heavy atom. The van der Waals surface area contributed by atoms with Gasteiger partial charge in [0.25, 0.3) is 5.56 Å². The van der Waals surface area contributed by atoms with Crippen LogP contribution in [0.5, 0.6) is 0 Å². The van der Waals surface area contributed by atoms with Crippen molar-refractivity contribution in [1.29, 1.82) is 0 Å². The van der Waals surface area contributed by atoms with Crippen LogP contribution < -0.4 is 10.9 Å². The summed E-state index contributed by atoms with van der Waals surface area (Å²) in [7, 11) is 0. The van der Waals surface area contributed by atoms with Gasteiger partial charge < -0.3 is 10.4 Å². The lowest BCUT2D eigenvalue weighted by atomic mass is 10.2. The van der Waals surface area contributed by atoms with Crippen LogP contribution in [0.25, 0.3) is 5.52 Å². The van der Waals surface area contributed by atoms with E-state index >= 15 is 0 Å². The Hall–Kier alpha value is -2.38. The fourth-order valence-corrected chi connectivity index (χ4v) is 1.91. The van der Waals surface area contributed by atoms with Crippen molar-refractivity contribution in [2.45, 2.75) is 33.2 Å². The summed E-state index contributed by atoms with van der Waals surface area (Å²) >= 11 is 0. The lowest BCUT2D eigenvalue weighted by Crippen LogP contribution is -2.30. The SMILES string of the molecule is CCNc1cc2c(=O)n(CC(=O)O)nc(C(C)C)n2n1. The van der Waals surface area contributed by atoms with Crippen molar-refractivity contribution in [3.8, 4) is 0 Å². The number of carboxylic acid groups (broad SMARTS) is 1. The van der Waals surface area contributed by atoms with Gasteiger partial charge in [-0.15, -0.1) is 5.10 Å². The van der Waals surface area contributed by atoms with Gasteiger partial charge >= 0.3 is 5.97 Å². The van der Waals surface area contributed by atoms with E-state index < -0.39 is 18.1 Å². The van der Waals surface area contributed by atoms with Crippen LogP contribution in [0.3, 0.4) is 0 Å². The average Bonchev–Trinajstić information content (AvgIpc) is 2.76. The summed E-state index contributed by atoms with van der Waals surface area (Å²) in [5.74, 6) is 0.0176. The molecule has 0 spiro atoms. The third-order valence-electron chi connectivity index (χ3n) is 2.76. The van der Waals surface area contributed by atoms with Crippen LogP contribution in [0.2, 0.25) is 0 Å². The van der Waals surface area contributed by atoms with Gasteiger partial charge in [0.05, 0.1) is 0 Å². The fraction of sp³-hybridized carbons (Fsp3) is 0.500. The van der Waals surface area contributed by atoms with Crippen LogP contribution in [-0.2, 0) is 11.3 Å². The highest BCUT2D eigenvalue weighted by atomic mass is 16.4. The van der Waals surface area contributed by atoms with Crippen molar-refractivity contribution >= 4 is 17.3 Å². The molecule has 0 aliphatic rings. The summed E-state index contributed by atoms with van der Waals surface area (Å²) in [6, 6.07) is 1.61. The number of nitrogens with zero attached hydrogens (tertiary/aromatic N) is 4. The normalized spacial score (nSPS) is 11.2. The third kappa shape index (κ3) is 2.49. The molecule has 0 amide bonds. The highest BCUT2D eigenvalue weighted by Gasteiger charge is 2.17. The lowest BCUT2D eigenvalue weighted by Gasteiger charge is -2.09. The molecule has 0 aliphatic carbocycles. The molecule has 2 heterocycles. The predicted molar refractivity (Wildman–Crippen MR) is 73.1 cm³/mol. The number of rotatable bonds is 5. The number of aromatic nitrogens is 4. The van der Waals surface area contributed by atoms with E-state index in [4.69, 9.17) is 5.11 Å². The summed E-state index contributed by atoms with van der Waals surface area (Å²) in [6.07, 6.45) is 0. The molecule has 0 atom stereocenters. The molecule has 2 aromatic rings. The molecule has 20 heavy (non-hydrogen) atoms. The number of carboxylic acids is 1. The van der Waals surface area contributed by atoms with Crippen molar-refractivity contribution in [3.05, 3.63) is 22.2 Å². The first-order chi connectivity index (χ1) is 9.43. The fourth-order valence-electron chi connectivity index (χ4n) is 1.91. The molecule has 2 aromatic heterocycles. The minimum atomic E-state index is -1.11. The minimum Gasteiger partial charge on any atom is -0.480 e. The van der Waals surface area contributed by atoms with Crippen molar-refractivity contribution < 1.29 is 9.90 Å². The zero-order valence-electron chi connectivity index (χ0n) is 11.6. The Labute approximate surface area is 115 Å². The maximum atomic E-state index is 12.2. The molecule has 0 aromatic carbocycles. The van der Waals surface area contributed by atoms with Crippen molar-refractivity contribution in [3.63, 3.8) is 0 Å². The van der Waals surface area contributed by atoms with Crippen LogP contribution in [0.1, 0.15) is 32.5 Å². The van der Waals surface area contributed by atoms with E-state index in [1.165, 1.54) is 4.52 Å². The van der Waals surface area contributed by atoms with Gasteiger partial charge in [0.2, 0.25) is 0 Å². The molecule has 0 bridgehead atoms. The average molecular weight is 279 g/mol. The van der Waals surface area contributed by atoms with E-state index in [-0.39, 0.29) is 5.92 Å². The van der Waals surface area contributed by atoms with Crippen molar-refractivity contribution in [2.75, 3.05) is 11.9 Å². The van der Waals surface area contributed by atoms with Crippen LogP contribution in [-0.4, -0.2) is 37.0 Å². The number of carbonyl (C=O) groups is 1. The van der Waals surface area contributed by atoms with Gasteiger partial charge in [-0.05, 0) is 6.92 Å². The smallest absolute Gasteiger partial charge is 0.325 e. The van der Waals surface area contributed by atoms with Crippen LogP contribution in [0, 0.1) is 0 Å². The second-order valence-corrected chi connectivity index (χ2v) is 4.73. The Morgan fingerprint density at radius 3 is 2.70 bits per heavy atom. The summed E-state index contributed by atoms with van der Waals surface area (Å²) in [6.45, 7) is 5.96. The summed E-state index contributed by atoms with van der Waals surface area (Å²) in [5.41, 5.74) is -0.144. The predicted octanol–water partition coefficient (Wildman–Crippen LogP) is 0.531. The second kappa shape index (κ2) is 5.32. The summed E-state index contributed by atoms with van der Waals surface area (Å²) in [4.78, 5) is 23.0. The summed E-state index contributed by atoms with van der Waals surface area (Å²) < 4.78 is 2.44. The highest BCUT2D eigenvalue weighted by molar-refractivity contribution is 5.66. The van der Waals surface area contributed by atoms with Crippen LogP contribution >= 0.6 is 0 Å². The molecular weight excluding hydrogens is 262 g/mol. The molecular formula is C12H17N5O3. The minimum absolute atomic E-state index is 0.00696. The maximum Gasteiger partial charge on any atom is 0.325 e. The largest absolute Gasteiger partial charge is 0.480 e. The van der Waals surface area contributed by atoms with Gasteiger partial charge in [-0.3, -0.25) is 9.59 Å². The zero-order valence-corrected chi connectivity index (χ0v) is 11.6. The molecule has 0 saturated carbocycles. The zero-order chi connectivity index (χ0) is 14.9. The van der Waals surface area contributed by atoms with Crippen LogP contribution in [0.4, 0.5) is 5.82 Å². The Bertz CT molecular complexity index is 701. The number of hydrogen-bond donors (Lipinski definition) is 2. The molecule has 108 valence electrons. The molecule has 0 fully saturated rings. The van der Waals surface area contributed by atoms with Gasteiger partial charge in [-0.2, -0.15) is 5.10 Å². The highest BCUT2D eigenvalue weighted by Crippen LogP contribution is 2.14. The van der Waals surface area contributed by atoms with Crippen molar-refractivity contribution in [2.24, 2.45) is 0 Å². The maximum absolute atomic E-state index is 12.2. The molecule has 2 rings (SSSR count). The van der Waals surface area contributed by atoms with E-state index in [0.717, 1.165) is 4.68 Å². The first-order valence-corrected chi connectivity index (χ1v) is 6.40. The number of fused-ring (bicyclic) bond motifs is 1. The van der Waals surface area contributed by atoms with Crippen molar-refractivity contribution in [1.82, 2.24) is 19.4 Å². The standard InChI is InChI=1S/C12H17N5O3/c1-4-13-9-5-8-12(20)16(6-10(18)19)15-11(7(2)3)17(8)14-9/h5,7H,4,6H2,1-3H3,(H,13,14)(H,18,19). The van der Waals surface area contributed by atoms with E-state index in [9.17, 15) is 9.59 Å². The van der Waals surface area contributed by atoms with E-state index in [0.29, 0.717) is 23.7 Å². The Morgan fingerprint density at radius 2 is 2.15 bits per heavy atom. The first kappa shape index (κ1) is 14.0.